The van der Waals surface area contributed by atoms with E-state index in [1.807, 2.05) is 0 Å². The van der Waals surface area contributed by atoms with Gasteiger partial charge >= 0.3 is 11.9 Å². The van der Waals surface area contributed by atoms with Crippen LogP contribution in [0.3, 0.4) is 0 Å². The summed E-state index contributed by atoms with van der Waals surface area (Å²) in [5.41, 5.74) is 6.77. The minimum Gasteiger partial charge on any atom is -0.462 e. The number of nitrogens with two attached hydrogens (primary N) is 1. The molecule has 0 aliphatic carbocycles. The van der Waals surface area contributed by atoms with Crippen LogP contribution in [0.5, 0.6) is 0 Å². The summed E-state index contributed by atoms with van der Waals surface area (Å²) in [4.78, 5) is 34.4. The third kappa shape index (κ3) is 4.08. The van der Waals surface area contributed by atoms with E-state index in [0.717, 1.165) is 5.69 Å². The van der Waals surface area contributed by atoms with Crippen molar-refractivity contribution in [3.8, 4) is 0 Å². The first-order valence-electron chi connectivity index (χ1n) is 6.60. The molecule has 1 aromatic rings. The zero-order valence-electron chi connectivity index (χ0n) is 12.6. The second kappa shape index (κ2) is 6.92. The summed E-state index contributed by atoms with van der Waals surface area (Å²) in [5.74, 6) is -1.74. The maximum absolute atomic E-state index is 11.8. The lowest BCUT2D eigenvalue weighted by atomic mass is 10.2. The Balaban J connectivity index is 2.87. The number of amides is 1. The van der Waals surface area contributed by atoms with Crippen molar-refractivity contribution >= 4 is 17.8 Å². The van der Waals surface area contributed by atoms with Crippen LogP contribution in [0, 0.1) is 13.8 Å². The molecular formula is C14H20N2O5. The Bertz CT molecular complexity index is 562. The molecule has 1 atom stereocenters. The fourth-order valence-electron chi connectivity index (χ4n) is 1.88. The molecule has 0 aliphatic heterocycles. The van der Waals surface area contributed by atoms with Gasteiger partial charge in [-0.15, -0.1) is 0 Å². The van der Waals surface area contributed by atoms with Gasteiger partial charge in [0, 0.05) is 11.4 Å². The Morgan fingerprint density at radius 2 is 1.95 bits per heavy atom. The minimum absolute atomic E-state index is 0.102. The van der Waals surface area contributed by atoms with Crippen molar-refractivity contribution in [1.29, 1.82) is 0 Å². The van der Waals surface area contributed by atoms with Gasteiger partial charge in [-0.1, -0.05) is 0 Å². The van der Waals surface area contributed by atoms with Crippen molar-refractivity contribution in [1.82, 2.24) is 4.57 Å². The lowest BCUT2D eigenvalue weighted by Gasteiger charge is -2.12. The molecule has 0 saturated carbocycles. The fourth-order valence-corrected chi connectivity index (χ4v) is 1.88. The van der Waals surface area contributed by atoms with Gasteiger partial charge in [0.15, 0.2) is 6.10 Å². The first-order chi connectivity index (χ1) is 9.77. The molecule has 1 rings (SSSR count). The number of hydrogen-bond acceptors (Lipinski definition) is 5. The number of hydrogen-bond donors (Lipinski definition) is 1. The number of aryl methyl sites for hydroxylation is 1. The second-order valence-corrected chi connectivity index (χ2v) is 4.63. The summed E-state index contributed by atoms with van der Waals surface area (Å²) >= 11 is 0. The van der Waals surface area contributed by atoms with Gasteiger partial charge in [-0.3, -0.25) is 9.59 Å². The molecular weight excluding hydrogens is 276 g/mol. The van der Waals surface area contributed by atoms with Crippen molar-refractivity contribution in [3.63, 3.8) is 0 Å². The largest absolute Gasteiger partial charge is 0.462 e. The quantitative estimate of drug-likeness (QED) is 0.779. The van der Waals surface area contributed by atoms with Crippen LogP contribution in [0.25, 0.3) is 0 Å². The molecule has 1 heterocycles. The molecule has 0 unspecified atom stereocenters. The summed E-state index contributed by atoms with van der Waals surface area (Å²) in [6.07, 6.45) is -0.988. The number of carbonyl (C=O) groups excluding carboxylic acids is 3. The number of aromatic nitrogens is 1. The first-order valence-corrected chi connectivity index (χ1v) is 6.60. The summed E-state index contributed by atoms with van der Waals surface area (Å²) in [6.45, 7) is 6.78. The van der Waals surface area contributed by atoms with Crippen molar-refractivity contribution in [2.24, 2.45) is 5.73 Å². The highest BCUT2D eigenvalue weighted by Crippen LogP contribution is 2.16. The maximum Gasteiger partial charge on any atom is 0.339 e. The standard InChI is InChI=1S/C14H20N2O5/c1-5-20-14(19)11-6-8(2)16(9(11)3)7-12(17)21-10(4)13(15)18/h6,10H,5,7H2,1-4H3,(H2,15,18)/t10-/m0/s1. The number of rotatable bonds is 6. The maximum atomic E-state index is 11.8. The number of carbonyl (C=O) groups is 3. The summed E-state index contributed by atoms with van der Waals surface area (Å²) in [7, 11) is 0. The van der Waals surface area contributed by atoms with Crippen LogP contribution in [0.1, 0.15) is 35.6 Å². The Morgan fingerprint density at radius 3 is 2.48 bits per heavy atom. The predicted octanol–water partition coefficient (Wildman–Crippen LogP) is 0.699. The van der Waals surface area contributed by atoms with E-state index in [9.17, 15) is 14.4 Å². The number of primary amides is 1. The highest BCUT2D eigenvalue weighted by Gasteiger charge is 2.20. The minimum atomic E-state index is -0.988. The van der Waals surface area contributed by atoms with Crippen molar-refractivity contribution in [2.75, 3.05) is 6.61 Å². The molecule has 21 heavy (non-hydrogen) atoms. The van der Waals surface area contributed by atoms with Gasteiger partial charge in [0.25, 0.3) is 5.91 Å². The van der Waals surface area contributed by atoms with Crippen molar-refractivity contribution in [2.45, 2.75) is 40.3 Å². The Morgan fingerprint density at radius 1 is 1.33 bits per heavy atom. The van der Waals surface area contributed by atoms with Crippen LogP contribution in [0.15, 0.2) is 6.07 Å². The summed E-state index contributed by atoms with van der Waals surface area (Å²) in [5, 5.41) is 0. The molecule has 0 aliphatic rings. The molecule has 0 radical (unpaired) electrons. The molecule has 7 heteroatoms. The Kier molecular flexibility index (Phi) is 5.52. The third-order valence-electron chi connectivity index (χ3n) is 3.07. The molecule has 0 spiro atoms. The van der Waals surface area contributed by atoms with Crippen LogP contribution >= 0.6 is 0 Å². The third-order valence-corrected chi connectivity index (χ3v) is 3.07. The molecule has 0 fully saturated rings. The van der Waals surface area contributed by atoms with Gasteiger partial charge in [0.05, 0.1) is 12.2 Å². The molecule has 0 bridgehead atoms. The van der Waals surface area contributed by atoms with Crippen molar-refractivity contribution < 1.29 is 23.9 Å². The predicted molar refractivity (Wildman–Crippen MR) is 74.6 cm³/mol. The average molecular weight is 296 g/mol. The molecule has 0 aromatic carbocycles. The summed E-state index contributed by atoms with van der Waals surface area (Å²) < 4.78 is 11.5. The lowest BCUT2D eigenvalue weighted by molar-refractivity contribution is -0.154. The lowest BCUT2D eigenvalue weighted by Crippen LogP contribution is -2.31. The topological polar surface area (TPSA) is 101 Å². The van der Waals surface area contributed by atoms with E-state index in [1.54, 1.807) is 31.4 Å². The first kappa shape index (κ1) is 16.7. The smallest absolute Gasteiger partial charge is 0.339 e. The van der Waals surface area contributed by atoms with Gasteiger partial charge in [-0.25, -0.2) is 4.79 Å². The fraction of sp³-hybridized carbons (Fsp3) is 0.500. The normalized spacial score (nSPS) is 11.8. The van der Waals surface area contributed by atoms with Gasteiger partial charge in [0.2, 0.25) is 0 Å². The highest BCUT2D eigenvalue weighted by molar-refractivity contribution is 5.91. The molecule has 116 valence electrons. The Hall–Kier alpha value is -2.31. The van der Waals surface area contributed by atoms with E-state index < -0.39 is 23.9 Å². The monoisotopic (exact) mass is 296 g/mol. The van der Waals surface area contributed by atoms with E-state index in [1.165, 1.54) is 6.92 Å². The average Bonchev–Trinajstić information content (AvgIpc) is 2.67. The second-order valence-electron chi connectivity index (χ2n) is 4.63. The molecule has 2 N–H and O–H groups in total. The number of esters is 2. The van der Waals surface area contributed by atoms with Crippen LogP contribution in [-0.2, 0) is 25.6 Å². The zero-order valence-corrected chi connectivity index (χ0v) is 12.6. The van der Waals surface area contributed by atoms with E-state index in [4.69, 9.17) is 15.2 Å². The van der Waals surface area contributed by atoms with Crippen LogP contribution in [-0.4, -0.2) is 35.1 Å². The molecule has 1 amide bonds. The van der Waals surface area contributed by atoms with Gasteiger partial charge in [-0.2, -0.15) is 0 Å². The number of nitrogens with zero attached hydrogens (tertiary/aromatic N) is 1. The zero-order chi connectivity index (χ0) is 16.2. The van der Waals surface area contributed by atoms with Gasteiger partial charge in [0.1, 0.15) is 6.54 Å². The number of ether oxygens (including phenoxy) is 2. The van der Waals surface area contributed by atoms with Gasteiger partial charge < -0.3 is 19.8 Å². The van der Waals surface area contributed by atoms with Crippen LogP contribution < -0.4 is 5.73 Å². The van der Waals surface area contributed by atoms with E-state index in [2.05, 4.69) is 0 Å². The van der Waals surface area contributed by atoms with Crippen LogP contribution in [0.2, 0.25) is 0 Å². The van der Waals surface area contributed by atoms with Crippen LogP contribution in [0.4, 0.5) is 0 Å². The van der Waals surface area contributed by atoms with Crippen molar-refractivity contribution in [3.05, 3.63) is 23.0 Å². The highest BCUT2D eigenvalue weighted by atomic mass is 16.5. The van der Waals surface area contributed by atoms with E-state index in [-0.39, 0.29) is 13.2 Å². The SMILES string of the molecule is CCOC(=O)c1cc(C)n(CC(=O)O[C@@H](C)C(N)=O)c1C. The Labute approximate surface area is 123 Å². The van der Waals surface area contributed by atoms with Gasteiger partial charge in [-0.05, 0) is 33.8 Å². The van der Waals surface area contributed by atoms with E-state index in [0.29, 0.717) is 11.3 Å². The van der Waals surface area contributed by atoms with E-state index >= 15 is 0 Å². The molecule has 0 saturated heterocycles. The molecule has 1 aromatic heterocycles. The summed E-state index contributed by atoms with van der Waals surface area (Å²) in [6, 6.07) is 1.65. The molecule has 7 nitrogen and oxygen atoms in total.